The number of benzene rings is 1. The molecule has 1 aliphatic heterocycles. The van der Waals surface area contributed by atoms with Crippen LogP contribution in [0.5, 0.6) is 0 Å². The van der Waals surface area contributed by atoms with Gasteiger partial charge in [0, 0.05) is 24.4 Å². The predicted octanol–water partition coefficient (Wildman–Crippen LogP) is 2.19. The summed E-state index contributed by atoms with van der Waals surface area (Å²) in [5.74, 6) is 1.20. The fourth-order valence-electron chi connectivity index (χ4n) is 2.88. The van der Waals surface area contributed by atoms with Gasteiger partial charge in [0.1, 0.15) is 0 Å². The van der Waals surface area contributed by atoms with Crippen molar-refractivity contribution in [1.29, 1.82) is 0 Å². The maximum atomic E-state index is 12.0. The molecule has 2 heterocycles. The fourth-order valence-corrected chi connectivity index (χ4v) is 4.56. The molecular weight excluding hydrogens is 340 g/mol. The highest BCUT2D eigenvalue weighted by atomic mass is 32.2. The highest BCUT2D eigenvalue weighted by molar-refractivity contribution is 7.91. The van der Waals surface area contributed by atoms with Gasteiger partial charge in [-0.3, -0.25) is 4.79 Å². The first-order valence-corrected chi connectivity index (χ1v) is 10.2. The number of oxazole rings is 1. The van der Waals surface area contributed by atoms with Gasteiger partial charge < -0.3 is 9.73 Å². The second-order valence-electron chi connectivity index (χ2n) is 6.58. The molecule has 1 N–H and O–H groups in total. The molecule has 0 radical (unpaired) electrons. The quantitative estimate of drug-likeness (QED) is 0.881. The zero-order valence-electron chi connectivity index (χ0n) is 14.4. The van der Waals surface area contributed by atoms with Crippen molar-refractivity contribution in [3.05, 3.63) is 41.4 Å². The van der Waals surface area contributed by atoms with E-state index in [1.807, 2.05) is 25.1 Å². The lowest BCUT2D eigenvalue weighted by molar-refractivity contribution is -0.121. The summed E-state index contributed by atoms with van der Waals surface area (Å²) in [6.07, 6.45) is 2.77. The van der Waals surface area contributed by atoms with Gasteiger partial charge in [-0.2, -0.15) is 0 Å². The lowest BCUT2D eigenvalue weighted by Crippen LogP contribution is -2.35. The molecule has 1 saturated heterocycles. The van der Waals surface area contributed by atoms with Crippen molar-refractivity contribution in [2.24, 2.45) is 0 Å². The zero-order valence-corrected chi connectivity index (χ0v) is 15.2. The summed E-state index contributed by atoms with van der Waals surface area (Å²) < 4.78 is 28.5. The van der Waals surface area contributed by atoms with Crippen LogP contribution in [0.2, 0.25) is 0 Å². The van der Waals surface area contributed by atoms with E-state index in [4.69, 9.17) is 4.42 Å². The van der Waals surface area contributed by atoms with E-state index in [9.17, 15) is 13.2 Å². The van der Waals surface area contributed by atoms with Crippen LogP contribution >= 0.6 is 0 Å². The first-order valence-electron chi connectivity index (χ1n) is 8.34. The monoisotopic (exact) mass is 362 g/mol. The number of nitrogens with one attached hydrogen (secondary N) is 1. The van der Waals surface area contributed by atoms with E-state index in [-0.39, 0.29) is 29.9 Å². The van der Waals surface area contributed by atoms with Gasteiger partial charge in [0.2, 0.25) is 5.91 Å². The summed E-state index contributed by atoms with van der Waals surface area (Å²) in [7, 11) is -2.99. The lowest BCUT2D eigenvalue weighted by Gasteiger charge is -2.09. The summed E-state index contributed by atoms with van der Waals surface area (Å²) in [4.78, 5) is 16.2. The topological polar surface area (TPSA) is 89.3 Å². The normalized spacial score (nSPS) is 19.0. The van der Waals surface area contributed by atoms with Crippen LogP contribution in [0.15, 0.2) is 28.8 Å². The second-order valence-corrected chi connectivity index (χ2v) is 8.81. The summed E-state index contributed by atoms with van der Waals surface area (Å²) >= 11 is 0. The summed E-state index contributed by atoms with van der Waals surface area (Å²) in [5, 5.41) is 2.77. The lowest BCUT2D eigenvalue weighted by atomic mass is 10.1. The smallest absolute Gasteiger partial charge is 0.220 e. The highest BCUT2D eigenvalue weighted by Gasteiger charge is 2.28. The molecule has 1 atom stereocenters. The molecule has 7 heteroatoms. The van der Waals surface area contributed by atoms with E-state index < -0.39 is 9.84 Å². The first-order chi connectivity index (χ1) is 11.8. The zero-order chi connectivity index (χ0) is 18.0. The molecule has 0 spiro atoms. The predicted molar refractivity (Wildman–Crippen MR) is 94.9 cm³/mol. The molecule has 25 heavy (non-hydrogen) atoms. The van der Waals surface area contributed by atoms with Gasteiger partial charge in [-0.15, -0.1) is 0 Å². The number of carbonyl (C=O) groups is 1. The third kappa shape index (κ3) is 4.48. The maximum Gasteiger partial charge on any atom is 0.220 e. The van der Waals surface area contributed by atoms with Gasteiger partial charge in [0.05, 0.1) is 17.7 Å². The van der Waals surface area contributed by atoms with Crippen LogP contribution in [0, 0.1) is 13.8 Å². The molecular formula is C18H22N2O4S. The van der Waals surface area contributed by atoms with Gasteiger partial charge in [-0.25, -0.2) is 13.4 Å². The number of hydrogen-bond acceptors (Lipinski definition) is 5. The van der Waals surface area contributed by atoms with Crippen LogP contribution in [0.1, 0.15) is 29.9 Å². The van der Waals surface area contributed by atoms with Gasteiger partial charge in [-0.1, -0.05) is 12.1 Å². The molecule has 1 aromatic heterocycles. The third-order valence-electron chi connectivity index (χ3n) is 4.51. The standard InChI is InChI=1S/C18H22N2O4S/c1-12-3-4-14(9-13(12)2)16-10-19-18(24-16)6-5-17(21)20-15-7-8-25(22,23)11-15/h3-4,9-10,15H,5-8,11H2,1-2H3,(H,20,21)/t15-/m0/s1. The Morgan fingerprint density at radius 1 is 1.32 bits per heavy atom. The second kappa shape index (κ2) is 7.00. The molecule has 1 fully saturated rings. The Balaban J connectivity index is 1.55. The minimum atomic E-state index is -2.99. The molecule has 2 aromatic rings. The Hall–Kier alpha value is -2.15. The van der Waals surface area contributed by atoms with Crippen LogP contribution in [0.4, 0.5) is 0 Å². The largest absolute Gasteiger partial charge is 0.441 e. The number of aryl methyl sites for hydroxylation is 3. The van der Waals surface area contributed by atoms with Crippen LogP contribution in [-0.2, 0) is 21.1 Å². The number of hydrogen-bond donors (Lipinski definition) is 1. The Bertz CT molecular complexity index is 886. The average molecular weight is 362 g/mol. The molecule has 6 nitrogen and oxygen atoms in total. The minimum Gasteiger partial charge on any atom is -0.441 e. The van der Waals surface area contributed by atoms with Crippen molar-refractivity contribution in [2.75, 3.05) is 11.5 Å². The SMILES string of the molecule is Cc1ccc(-c2cnc(CCC(=O)N[C@H]3CCS(=O)(=O)C3)o2)cc1C. The molecule has 1 aromatic carbocycles. The van der Waals surface area contributed by atoms with E-state index in [0.29, 0.717) is 24.5 Å². The molecule has 3 rings (SSSR count). The van der Waals surface area contributed by atoms with Crippen molar-refractivity contribution < 1.29 is 17.6 Å². The molecule has 1 aliphatic rings. The summed E-state index contributed by atoms with van der Waals surface area (Å²) in [6, 6.07) is 5.80. The van der Waals surface area contributed by atoms with Crippen molar-refractivity contribution in [3.8, 4) is 11.3 Å². The Morgan fingerprint density at radius 2 is 2.12 bits per heavy atom. The molecule has 0 aliphatic carbocycles. The average Bonchev–Trinajstić information content (AvgIpc) is 3.14. The van der Waals surface area contributed by atoms with Crippen molar-refractivity contribution >= 4 is 15.7 Å². The van der Waals surface area contributed by atoms with E-state index in [0.717, 1.165) is 5.56 Å². The molecule has 1 amide bonds. The number of sulfone groups is 1. The van der Waals surface area contributed by atoms with Crippen LogP contribution in [0.3, 0.4) is 0 Å². The van der Waals surface area contributed by atoms with Crippen LogP contribution < -0.4 is 5.32 Å². The molecule has 134 valence electrons. The maximum absolute atomic E-state index is 12.0. The summed E-state index contributed by atoms with van der Waals surface area (Å²) in [5.41, 5.74) is 3.36. The number of carbonyl (C=O) groups excluding carboxylic acids is 1. The van der Waals surface area contributed by atoms with E-state index in [2.05, 4.69) is 17.2 Å². The number of nitrogens with zero attached hydrogens (tertiary/aromatic N) is 1. The molecule has 0 saturated carbocycles. The van der Waals surface area contributed by atoms with Crippen LogP contribution in [0.25, 0.3) is 11.3 Å². The van der Waals surface area contributed by atoms with E-state index in [1.54, 1.807) is 6.20 Å². The molecule has 0 bridgehead atoms. The highest BCUT2D eigenvalue weighted by Crippen LogP contribution is 2.23. The number of rotatable bonds is 5. The van der Waals surface area contributed by atoms with E-state index in [1.165, 1.54) is 11.1 Å². The van der Waals surface area contributed by atoms with Gasteiger partial charge >= 0.3 is 0 Å². The molecule has 0 unspecified atom stereocenters. The van der Waals surface area contributed by atoms with Crippen molar-refractivity contribution in [3.63, 3.8) is 0 Å². The van der Waals surface area contributed by atoms with Gasteiger partial charge in [-0.05, 0) is 37.5 Å². The number of amides is 1. The first kappa shape index (κ1) is 17.7. The van der Waals surface area contributed by atoms with E-state index >= 15 is 0 Å². The van der Waals surface area contributed by atoms with Gasteiger partial charge in [0.15, 0.2) is 21.5 Å². The minimum absolute atomic E-state index is 0.0364. The Morgan fingerprint density at radius 3 is 2.80 bits per heavy atom. The van der Waals surface area contributed by atoms with Crippen molar-refractivity contribution in [2.45, 2.75) is 39.2 Å². The van der Waals surface area contributed by atoms with Gasteiger partial charge in [0.25, 0.3) is 0 Å². The Kier molecular flexibility index (Phi) is 4.94. The van der Waals surface area contributed by atoms with Crippen molar-refractivity contribution in [1.82, 2.24) is 10.3 Å². The Labute approximate surface area is 147 Å². The third-order valence-corrected chi connectivity index (χ3v) is 6.28. The van der Waals surface area contributed by atoms with Crippen LogP contribution in [-0.4, -0.2) is 36.9 Å². The number of aromatic nitrogens is 1. The fraction of sp³-hybridized carbons (Fsp3) is 0.444. The summed E-state index contributed by atoms with van der Waals surface area (Å²) in [6.45, 7) is 4.10.